The number of nitrogens with one attached hydrogen (secondary N) is 1. The molecule has 1 N–H and O–H groups in total. The van der Waals surface area contributed by atoms with Crippen molar-refractivity contribution >= 4 is 46.4 Å². The first kappa shape index (κ1) is 22.3. The molecule has 0 fully saturated rings. The maximum absolute atomic E-state index is 12.4. The predicted molar refractivity (Wildman–Crippen MR) is 124 cm³/mol. The number of carboxylic acid groups (broad SMARTS) is 1. The molecule has 0 atom stereocenters. The summed E-state index contributed by atoms with van der Waals surface area (Å²) < 4.78 is 11.9. The third-order valence-electron chi connectivity index (χ3n) is 4.06. The lowest BCUT2D eigenvalue weighted by Gasteiger charge is -2.13. The Labute approximate surface area is 192 Å². The topological polar surface area (TPSA) is 100 Å². The van der Waals surface area contributed by atoms with E-state index in [4.69, 9.17) is 9.47 Å². The van der Waals surface area contributed by atoms with Gasteiger partial charge in [0.2, 0.25) is 0 Å². The molecule has 0 amide bonds. The van der Waals surface area contributed by atoms with Crippen LogP contribution in [0, 0.1) is 3.57 Å². The number of rotatable bonds is 8. The van der Waals surface area contributed by atoms with Gasteiger partial charge in [-0.1, -0.05) is 30.3 Å². The van der Waals surface area contributed by atoms with Gasteiger partial charge in [0.25, 0.3) is 0 Å². The average molecular weight is 529 g/mol. The number of esters is 1. The Morgan fingerprint density at radius 1 is 1.06 bits per heavy atom. The third-order valence-corrected chi connectivity index (χ3v) is 4.87. The van der Waals surface area contributed by atoms with Crippen molar-refractivity contribution < 1.29 is 24.2 Å². The van der Waals surface area contributed by atoms with E-state index in [1.54, 1.807) is 54.7 Å². The number of halogens is 1. The van der Waals surface area contributed by atoms with Crippen molar-refractivity contribution in [3.63, 3.8) is 0 Å². The summed E-state index contributed by atoms with van der Waals surface area (Å²) in [5, 5.41) is 15.0. The Bertz CT molecular complexity index is 1100. The maximum Gasteiger partial charge on any atom is 0.343 e. The molecule has 0 saturated carbocycles. The molecule has 0 spiro atoms. The molecule has 0 radical (unpaired) electrons. The minimum atomic E-state index is -1.24. The Morgan fingerprint density at radius 2 is 1.77 bits per heavy atom. The predicted octanol–water partition coefficient (Wildman–Crippen LogP) is 3.72. The summed E-state index contributed by atoms with van der Waals surface area (Å²) in [6.45, 7) is 2.24. The Hall–Kier alpha value is -3.40. The quantitative estimate of drug-likeness (QED) is 0.157. The number of benzene rings is 3. The van der Waals surface area contributed by atoms with E-state index >= 15 is 0 Å². The summed E-state index contributed by atoms with van der Waals surface area (Å²) in [6.07, 6.45) is 1.58. The molecule has 31 heavy (non-hydrogen) atoms. The van der Waals surface area contributed by atoms with E-state index in [2.05, 4.69) is 33.1 Å². The number of ether oxygens (including phenoxy) is 2. The normalized spacial score (nSPS) is 10.6. The second kappa shape index (κ2) is 10.6. The van der Waals surface area contributed by atoms with Gasteiger partial charge in [0.15, 0.2) is 11.5 Å². The highest BCUT2D eigenvalue weighted by Crippen LogP contribution is 2.34. The third kappa shape index (κ3) is 6.05. The molecule has 8 heteroatoms. The number of hydrogen-bond acceptors (Lipinski definition) is 7. The van der Waals surface area contributed by atoms with Crippen LogP contribution in [0.5, 0.6) is 11.5 Å². The van der Waals surface area contributed by atoms with Crippen LogP contribution in [0.2, 0.25) is 0 Å². The van der Waals surface area contributed by atoms with Crippen molar-refractivity contribution in [2.45, 2.75) is 6.92 Å². The number of anilines is 1. The van der Waals surface area contributed by atoms with Crippen molar-refractivity contribution in [3.05, 3.63) is 87.0 Å². The highest BCUT2D eigenvalue weighted by atomic mass is 127. The first-order chi connectivity index (χ1) is 15.0. The molecular weight excluding hydrogens is 511 g/mol. The number of carbonyl (C=O) groups excluding carboxylic acids is 2. The molecule has 0 aliphatic heterocycles. The molecule has 0 saturated heterocycles. The van der Waals surface area contributed by atoms with Gasteiger partial charge < -0.3 is 19.4 Å². The number of hydrogen-bond donors (Lipinski definition) is 1. The van der Waals surface area contributed by atoms with E-state index in [9.17, 15) is 14.7 Å². The molecular formula is C23H18IN2O5-. The van der Waals surface area contributed by atoms with Gasteiger partial charge in [0, 0.05) is 0 Å². The first-order valence-electron chi connectivity index (χ1n) is 9.32. The van der Waals surface area contributed by atoms with Crippen molar-refractivity contribution in [2.75, 3.05) is 12.0 Å². The van der Waals surface area contributed by atoms with Crippen LogP contribution in [0.25, 0.3) is 0 Å². The minimum Gasteiger partial charge on any atom is -0.545 e. The number of nitrogens with zero attached hydrogens (tertiary/aromatic N) is 1. The summed E-state index contributed by atoms with van der Waals surface area (Å²) in [4.78, 5) is 23.2. The fraction of sp³-hybridized carbons (Fsp3) is 0.0870. The van der Waals surface area contributed by atoms with Crippen LogP contribution in [0.15, 0.2) is 71.8 Å². The Balaban J connectivity index is 1.76. The van der Waals surface area contributed by atoms with Gasteiger partial charge in [0.05, 0.1) is 33.6 Å². The molecule has 0 bridgehead atoms. The van der Waals surface area contributed by atoms with E-state index < -0.39 is 11.9 Å². The van der Waals surface area contributed by atoms with Crippen LogP contribution in [0.1, 0.15) is 33.2 Å². The van der Waals surface area contributed by atoms with Crippen LogP contribution in [-0.4, -0.2) is 24.8 Å². The largest absolute Gasteiger partial charge is 0.545 e. The maximum atomic E-state index is 12.4. The highest BCUT2D eigenvalue weighted by molar-refractivity contribution is 14.1. The van der Waals surface area contributed by atoms with Crippen LogP contribution in [-0.2, 0) is 0 Å². The van der Waals surface area contributed by atoms with Gasteiger partial charge in [-0.25, -0.2) is 4.79 Å². The van der Waals surface area contributed by atoms with E-state index in [0.717, 1.165) is 5.56 Å². The zero-order valence-corrected chi connectivity index (χ0v) is 18.7. The first-order valence-corrected chi connectivity index (χ1v) is 10.4. The van der Waals surface area contributed by atoms with Gasteiger partial charge in [-0.15, -0.1) is 0 Å². The lowest BCUT2D eigenvalue weighted by molar-refractivity contribution is -0.255. The SMILES string of the molecule is CCOc1cc(C=NNc2ccc(C(=O)[O-])cc2)cc(I)c1OC(=O)c1ccccc1. The molecule has 0 aliphatic rings. The van der Waals surface area contributed by atoms with Crippen LogP contribution in [0.4, 0.5) is 5.69 Å². The smallest absolute Gasteiger partial charge is 0.343 e. The summed E-state index contributed by atoms with van der Waals surface area (Å²) in [7, 11) is 0. The molecule has 0 aliphatic carbocycles. The Kier molecular flexibility index (Phi) is 7.60. The molecule has 0 unspecified atom stereocenters. The van der Waals surface area contributed by atoms with E-state index in [1.165, 1.54) is 12.1 Å². The number of aromatic carboxylic acids is 1. The zero-order valence-electron chi connectivity index (χ0n) is 16.5. The van der Waals surface area contributed by atoms with Gasteiger partial charge >= 0.3 is 5.97 Å². The van der Waals surface area contributed by atoms with E-state index in [0.29, 0.717) is 32.9 Å². The molecule has 158 valence electrons. The lowest BCUT2D eigenvalue weighted by atomic mass is 10.2. The summed E-state index contributed by atoms with van der Waals surface area (Å²) in [5.74, 6) is -0.929. The number of carboxylic acids is 1. The van der Waals surface area contributed by atoms with Gasteiger partial charge in [-0.05, 0) is 77.0 Å². The number of carbonyl (C=O) groups is 2. The van der Waals surface area contributed by atoms with Crippen molar-refractivity contribution in [3.8, 4) is 11.5 Å². The van der Waals surface area contributed by atoms with Crippen molar-refractivity contribution in [1.29, 1.82) is 0 Å². The van der Waals surface area contributed by atoms with Gasteiger partial charge in [0.1, 0.15) is 0 Å². The molecule has 3 rings (SSSR count). The summed E-state index contributed by atoms with van der Waals surface area (Å²) >= 11 is 2.08. The molecule has 3 aromatic rings. The van der Waals surface area contributed by atoms with E-state index in [1.807, 2.05) is 13.0 Å². The summed E-state index contributed by atoms with van der Waals surface area (Å²) in [5.41, 5.74) is 4.71. The molecule has 0 heterocycles. The van der Waals surface area contributed by atoms with Gasteiger partial charge in [-0.3, -0.25) is 5.43 Å². The molecule has 0 aromatic heterocycles. The highest BCUT2D eigenvalue weighted by Gasteiger charge is 2.17. The molecule has 7 nitrogen and oxygen atoms in total. The van der Waals surface area contributed by atoms with Crippen LogP contribution < -0.4 is 20.0 Å². The van der Waals surface area contributed by atoms with Gasteiger partial charge in [-0.2, -0.15) is 5.10 Å². The van der Waals surface area contributed by atoms with E-state index in [-0.39, 0.29) is 5.56 Å². The second-order valence-electron chi connectivity index (χ2n) is 6.25. The van der Waals surface area contributed by atoms with Crippen molar-refractivity contribution in [2.24, 2.45) is 5.10 Å². The standard InChI is InChI=1S/C23H19IN2O5/c1-2-30-20-13-15(14-25-26-18-10-8-16(9-11-18)22(27)28)12-19(24)21(20)31-23(29)17-6-4-3-5-7-17/h3-14,26H,2H2,1H3,(H,27,28)/p-1. The zero-order chi connectivity index (χ0) is 22.2. The minimum absolute atomic E-state index is 0.0890. The monoisotopic (exact) mass is 529 g/mol. The Morgan fingerprint density at radius 3 is 2.42 bits per heavy atom. The fourth-order valence-electron chi connectivity index (χ4n) is 2.61. The molecule has 3 aromatic carbocycles. The summed E-state index contributed by atoms with van der Waals surface area (Å²) in [6, 6.07) is 18.3. The van der Waals surface area contributed by atoms with Crippen LogP contribution >= 0.6 is 22.6 Å². The second-order valence-corrected chi connectivity index (χ2v) is 7.42. The fourth-order valence-corrected chi connectivity index (χ4v) is 3.35. The van der Waals surface area contributed by atoms with Crippen LogP contribution in [0.3, 0.4) is 0 Å². The average Bonchev–Trinajstić information content (AvgIpc) is 2.77. The van der Waals surface area contributed by atoms with Crippen molar-refractivity contribution in [1.82, 2.24) is 0 Å². The number of hydrazone groups is 1. The lowest BCUT2D eigenvalue weighted by Crippen LogP contribution is -2.21.